The molecular formula is C15H14FNO. The van der Waals surface area contributed by atoms with E-state index in [4.69, 9.17) is 4.74 Å². The number of fused-ring (bicyclic) bond motifs is 1. The number of benzene rings is 2. The predicted octanol–water partition coefficient (Wildman–Crippen LogP) is 3.24. The van der Waals surface area contributed by atoms with Crippen molar-refractivity contribution in [2.75, 3.05) is 11.9 Å². The molecule has 1 aliphatic rings. The summed E-state index contributed by atoms with van der Waals surface area (Å²) in [7, 11) is 0. The van der Waals surface area contributed by atoms with Crippen molar-refractivity contribution >= 4 is 5.69 Å². The molecule has 18 heavy (non-hydrogen) atoms. The van der Waals surface area contributed by atoms with Crippen molar-refractivity contribution in [2.24, 2.45) is 0 Å². The molecule has 0 saturated carbocycles. The maximum Gasteiger partial charge on any atom is 0.142 e. The van der Waals surface area contributed by atoms with Gasteiger partial charge in [-0.2, -0.15) is 0 Å². The summed E-state index contributed by atoms with van der Waals surface area (Å²) in [6.45, 7) is 0.772. The van der Waals surface area contributed by atoms with Gasteiger partial charge in [-0.05, 0) is 29.8 Å². The van der Waals surface area contributed by atoms with Crippen LogP contribution in [0.5, 0.6) is 5.75 Å². The molecule has 2 aromatic rings. The number of nitrogens with one attached hydrogen (secondary N) is 1. The molecular weight excluding hydrogens is 229 g/mol. The molecule has 1 aliphatic heterocycles. The zero-order valence-electron chi connectivity index (χ0n) is 9.90. The van der Waals surface area contributed by atoms with E-state index in [2.05, 4.69) is 5.32 Å². The largest absolute Gasteiger partial charge is 0.486 e. The van der Waals surface area contributed by atoms with Gasteiger partial charge in [-0.25, -0.2) is 4.39 Å². The van der Waals surface area contributed by atoms with E-state index in [0.717, 1.165) is 30.0 Å². The number of para-hydroxylation sites is 2. The molecule has 0 amide bonds. The van der Waals surface area contributed by atoms with Crippen LogP contribution < -0.4 is 10.1 Å². The van der Waals surface area contributed by atoms with Crippen LogP contribution in [0.1, 0.15) is 5.56 Å². The standard InChI is InChI=1S/C15H14FNO/c16-12-7-5-11(6-8-12)9-13-10-17-14-3-1-2-4-15(14)18-13/h1-8,13,17H,9-10H2. The van der Waals surface area contributed by atoms with E-state index < -0.39 is 0 Å². The van der Waals surface area contributed by atoms with Crippen LogP contribution in [0.25, 0.3) is 0 Å². The minimum Gasteiger partial charge on any atom is -0.486 e. The molecule has 0 spiro atoms. The average Bonchev–Trinajstić information content (AvgIpc) is 2.41. The van der Waals surface area contributed by atoms with E-state index in [1.165, 1.54) is 12.1 Å². The summed E-state index contributed by atoms with van der Waals surface area (Å²) in [5, 5.41) is 3.35. The zero-order chi connectivity index (χ0) is 12.4. The van der Waals surface area contributed by atoms with Crippen molar-refractivity contribution < 1.29 is 9.13 Å². The van der Waals surface area contributed by atoms with Gasteiger partial charge in [0.2, 0.25) is 0 Å². The van der Waals surface area contributed by atoms with Crippen molar-refractivity contribution in [3.63, 3.8) is 0 Å². The Bertz CT molecular complexity index is 538. The quantitative estimate of drug-likeness (QED) is 0.874. The first-order chi connectivity index (χ1) is 8.81. The van der Waals surface area contributed by atoms with Gasteiger partial charge < -0.3 is 10.1 Å². The van der Waals surface area contributed by atoms with Crippen LogP contribution in [-0.4, -0.2) is 12.6 Å². The van der Waals surface area contributed by atoms with Crippen molar-refractivity contribution in [2.45, 2.75) is 12.5 Å². The summed E-state index contributed by atoms with van der Waals surface area (Å²) in [5.41, 5.74) is 2.12. The highest BCUT2D eigenvalue weighted by Gasteiger charge is 2.18. The second-order valence-electron chi connectivity index (χ2n) is 4.45. The van der Waals surface area contributed by atoms with Gasteiger partial charge in [0.1, 0.15) is 17.7 Å². The average molecular weight is 243 g/mol. The molecule has 0 aromatic heterocycles. The molecule has 0 bridgehead atoms. The fraction of sp³-hybridized carbons (Fsp3) is 0.200. The SMILES string of the molecule is Fc1ccc(CC2CNc3ccccc3O2)cc1. The third-order valence-corrected chi connectivity index (χ3v) is 3.08. The van der Waals surface area contributed by atoms with Crippen LogP contribution in [-0.2, 0) is 6.42 Å². The van der Waals surface area contributed by atoms with Crippen LogP contribution in [0.2, 0.25) is 0 Å². The molecule has 3 heteroatoms. The van der Waals surface area contributed by atoms with Gasteiger partial charge in [-0.1, -0.05) is 24.3 Å². The van der Waals surface area contributed by atoms with Gasteiger partial charge in [0.15, 0.2) is 0 Å². The van der Waals surface area contributed by atoms with E-state index in [9.17, 15) is 4.39 Å². The summed E-state index contributed by atoms with van der Waals surface area (Å²) in [4.78, 5) is 0. The van der Waals surface area contributed by atoms with Gasteiger partial charge in [0.25, 0.3) is 0 Å². The van der Waals surface area contributed by atoms with Crippen molar-refractivity contribution in [1.82, 2.24) is 0 Å². The van der Waals surface area contributed by atoms with Crippen LogP contribution in [0.3, 0.4) is 0 Å². The second kappa shape index (κ2) is 4.69. The van der Waals surface area contributed by atoms with E-state index in [-0.39, 0.29) is 11.9 Å². The number of hydrogen-bond acceptors (Lipinski definition) is 2. The maximum absolute atomic E-state index is 12.8. The third kappa shape index (κ3) is 2.30. The smallest absolute Gasteiger partial charge is 0.142 e. The fourth-order valence-electron chi connectivity index (χ4n) is 2.16. The van der Waals surface area contributed by atoms with Crippen LogP contribution in [0.4, 0.5) is 10.1 Å². The van der Waals surface area contributed by atoms with Gasteiger partial charge >= 0.3 is 0 Å². The maximum atomic E-state index is 12.8. The molecule has 0 fully saturated rings. The zero-order valence-corrected chi connectivity index (χ0v) is 9.90. The lowest BCUT2D eigenvalue weighted by atomic mass is 10.1. The minimum atomic E-state index is -0.202. The van der Waals surface area contributed by atoms with Gasteiger partial charge in [-0.3, -0.25) is 0 Å². The summed E-state index contributed by atoms with van der Waals surface area (Å²) >= 11 is 0. The lowest BCUT2D eigenvalue weighted by Crippen LogP contribution is -2.32. The molecule has 3 rings (SSSR count). The third-order valence-electron chi connectivity index (χ3n) is 3.08. The highest BCUT2D eigenvalue weighted by molar-refractivity contribution is 5.57. The first kappa shape index (κ1) is 11.1. The molecule has 92 valence electrons. The Morgan fingerprint density at radius 1 is 1.11 bits per heavy atom. The summed E-state index contributed by atoms with van der Waals surface area (Å²) in [6.07, 6.45) is 0.868. The minimum absolute atomic E-state index is 0.0883. The lowest BCUT2D eigenvalue weighted by Gasteiger charge is -2.27. The Labute approximate surface area is 105 Å². The number of rotatable bonds is 2. The van der Waals surface area contributed by atoms with Gasteiger partial charge in [-0.15, -0.1) is 0 Å². The molecule has 1 heterocycles. The first-order valence-corrected chi connectivity index (χ1v) is 6.05. The summed E-state index contributed by atoms with van der Waals surface area (Å²) < 4.78 is 18.7. The van der Waals surface area contributed by atoms with Crippen LogP contribution in [0.15, 0.2) is 48.5 Å². The van der Waals surface area contributed by atoms with E-state index in [1.54, 1.807) is 12.1 Å². The Hall–Kier alpha value is -2.03. The number of halogens is 1. The lowest BCUT2D eigenvalue weighted by molar-refractivity contribution is 0.206. The second-order valence-corrected chi connectivity index (χ2v) is 4.45. The van der Waals surface area contributed by atoms with E-state index in [0.29, 0.717) is 0 Å². The summed E-state index contributed by atoms with van der Waals surface area (Å²) in [6, 6.07) is 14.5. The van der Waals surface area contributed by atoms with Crippen molar-refractivity contribution in [1.29, 1.82) is 0 Å². The van der Waals surface area contributed by atoms with Gasteiger partial charge in [0.05, 0.1) is 12.2 Å². The van der Waals surface area contributed by atoms with Crippen molar-refractivity contribution in [3.8, 4) is 5.75 Å². The number of hydrogen-bond donors (Lipinski definition) is 1. The van der Waals surface area contributed by atoms with E-state index in [1.807, 2.05) is 24.3 Å². The Kier molecular flexibility index (Phi) is 2.89. The van der Waals surface area contributed by atoms with E-state index >= 15 is 0 Å². The molecule has 0 radical (unpaired) electrons. The van der Waals surface area contributed by atoms with Crippen LogP contribution in [0, 0.1) is 5.82 Å². The highest BCUT2D eigenvalue weighted by Crippen LogP contribution is 2.29. The molecule has 1 N–H and O–H groups in total. The summed E-state index contributed by atoms with van der Waals surface area (Å²) in [5.74, 6) is 0.683. The Balaban J connectivity index is 1.71. The Morgan fingerprint density at radius 3 is 2.72 bits per heavy atom. The predicted molar refractivity (Wildman–Crippen MR) is 69.5 cm³/mol. The van der Waals surface area contributed by atoms with Gasteiger partial charge in [0, 0.05) is 6.42 Å². The number of anilines is 1. The van der Waals surface area contributed by atoms with Crippen molar-refractivity contribution in [3.05, 3.63) is 59.9 Å². The van der Waals surface area contributed by atoms with Crippen LogP contribution >= 0.6 is 0 Å². The molecule has 0 saturated heterocycles. The Morgan fingerprint density at radius 2 is 1.89 bits per heavy atom. The monoisotopic (exact) mass is 243 g/mol. The molecule has 1 unspecified atom stereocenters. The molecule has 2 nitrogen and oxygen atoms in total. The fourth-order valence-corrected chi connectivity index (χ4v) is 2.16. The highest BCUT2D eigenvalue weighted by atomic mass is 19.1. The normalized spacial score (nSPS) is 17.5. The number of ether oxygens (including phenoxy) is 1. The topological polar surface area (TPSA) is 21.3 Å². The first-order valence-electron chi connectivity index (χ1n) is 6.05. The molecule has 1 atom stereocenters. The molecule has 2 aromatic carbocycles. The molecule has 0 aliphatic carbocycles.